The Morgan fingerprint density at radius 2 is 1.81 bits per heavy atom. The predicted octanol–water partition coefficient (Wildman–Crippen LogP) is 5.18. The summed E-state index contributed by atoms with van der Waals surface area (Å²) < 4.78 is 1.15. The van der Waals surface area contributed by atoms with Gasteiger partial charge in [0, 0.05) is 9.85 Å². The van der Waals surface area contributed by atoms with Crippen LogP contribution in [0.1, 0.15) is 37.7 Å². The van der Waals surface area contributed by atoms with E-state index in [4.69, 9.17) is 11.6 Å². The number of rotatable bonds is 4. The molecule has 1 aromatic rings. The second-order valence-corrected chi connectivity index (χ2v) is 6.20. The average molecular weight is 302 g/mol. The SMILES string of the molecule is ClC(CCc1ccc(Br)cc1)C1CCCC1. The van der Waals surface area contributed by atoms with Crippen LogP contribution in [0, 0.1) is 5.92 Å². The maximum Gasteiger partial charge on any atom is 0.0367 e. The number of alkyl halides is 1. The normalized spacial score (nSPS) is 18.9. The van der Waals surface area contributed by atoms with Gasteiger partial charge < -0.3 is 0 Å². The first-order chi connectivity index (χ1) is 7.75. The lowest BCUT2D eigenvalue weighted by Gasteiger charge is -2.16. The lowest BCUT2D eigenvalue weighted by Crippen LogP contribution is -2.12. The highest BCUT2D eigenvalue weighted by Crippen LogP contribution is 2.32. The smallest absolute Gasteiger partial charge is 0.0367 e. The fourth-order valence-electron chi connectivity index (χ4n) is 2.51. The molecule has 0 bridgehead atoms. The molecule has 0 amide bonds. The van der Waals surface area contributed by atoms with Crippen LogP contribution in [0.4, 0.5) is 0 Å². The maximum absolute atomic E-state index is 6.46. The Hall–Kier alpha value is -0.0100. The van der Waals surface area contributed by atoms with E-state index in [0.717, 1.165) is 23.2 Å². The molecule has 0 saturated heterocycles. The van der Waals surface area contributed by atoms with Crippen molar-refractivity contribution in [1.82, 2.24) is 0 Å². The van der Waals surface area contributed by atoms with E-state index in [0.29, 0.717) is 5.38 Å². The van der Waals surface area contributed by atoms with E-state index in [-0.39, 0.29) is 0 Å². The molecule has 1 aromatic carbocycles. The van der Waals surface area contributed by atoms with Crippen molar-refractivity contribution in [2.24, 2.45) is 5.92 Å². The monoisotopic (exact) mass is 300 g/mol. The summed E-state index contributed by atoms with van der Waals surface area (Å²) >= 11 is 9.91. The molecular weight excluding hydrogens is 284 g/mol. The van der Waals surface area contributed by atoms with Gasteiger partial charge in [0.1, 0.15) is 0 Å². The van der Waals surface area contributed by atoms with Gasteiger partial charge >= 0.3 is 0 Å². The molecule has 1 atom stereocenters. The van der Waals surface area contributed by atoms with Gasteiger partial charge in [-0.25, -0.2) is 0 Å². The molecular formula is C14H18BrCl. The largest absolute Gasteiger partial charge is 0.123 e. The van der Waals surface area contributed by atoms with E-state index in [1.54, 1.807) is 0 Å². The molecule has 0 radical (unpaired) electrons. The van der Waals surface area contributed by atoms with Crippen LogP contribution in [0.5, 0.6) is 0 Å². The standard InChI is InChI=1S/C14H18BrCl/c15-13-8-5-11(6-9-13)7-10-14(16)12-3-1-2-4-12/h5-6,8-9,12,14H,1-4,7,10H2. The number of hydrogen-bond acceptors (Lipinski definition) is 0. The van der Waals surface area contributed by atoms with Gasteiger partial charge in [-0.05, 0) is 49.3 Å². The number of halogens is 2. The van der Waals surface area contributed by atoms with Gasteiger partial charge in [0.2, 0.25) is 0 Å². The van der Waals surface area contributed by atoms with Crippen LogP contribution >= 0.6 is 27.5 Å². The topological polar surface area (TPSA) is 0 Å². The van der Waals surface area contributed by atoms with E-state index in [1.165, 1.54) is 31.2 Å². The van der Waals surface area contributed by atoms with Gasteiger partial charge in [-0.1, -0.05) is 40.9 Å². The predicted molar refractivity (Wildman–Crippen MR) is 74.1 cm³/mol. The molecule has 2 rings (SSSR count). The fourth-order valence-corrected chi connectivity index (χ4v) is 3.14. The first kappa shape index (κ1) is 12.4. The Labute approximate surface area is 112 Å². The van der Waals surface area contributed by atoms with Crippen LogP contribution < -0.4 is 0 Å². The molecule has 0 heterocycles. The summed E-state index contributed by atoms with van der Waals surface area (Å²) in [7, 11) is 0. The van der Waals surface area contributed by atoms with E-state index < -0.39 is 0 Å². The van der Waals surface area contributed by atoms with Crippen LogP contribution in [-0.4, -0.2) is 5.38 Å². The van der Waals surface area contributed by atoms with Gasteiger partial charge in [0.15, 0.2) is 0 Å². The molecule has 0 N–H and O–H groups in total. The van der Waals surface area contributed by atoms with Crippen molar-refractivity contribution in [3.8, 4) is 0 Å². The van der Waals surface area contributed by atoms with E-state index in [2.05, 4.69) is 40.2 Å². The quantitative estimate of drug-likeness (QED) is 0.672. The highest BCUT2D eigenvalue weighted by molar-refractivity contribution is 9.10. The number of benzene rings is 1. The Balaban J connectivity index is 1.80. The van der Waals surface area contributed by atoms with Gasteiger partial charge in [-0.3, -0.25) is 0 Å². The molecule has 1 saturated carbocycles. The van der Waals surface area contributed by atoms with Crippen LogP contribution in [-0.2, 0) is 6.42 Å². The summed E-state index contributed by atoms with van der Waals surface area (Å²) in [4.78, 5) is 0. The van der Waals surface area contributed by atoms with E-state index in [9.17, 15) is 0 Å². The lowest BCUT2D eigenvalue weighted by molar-refractivity contribution is 0.492. The molecule has 0 aromatic heterocycles. The Bertz CT molecular complexity index is 314. The molecule has 0 spiro atoms. The van der Waals surface area contributed by atoms with Gasteiger partial charge in [0.05, 0.1) is 0 Å². The molecule has 16 heavy (non-hydrogen) atoms. The van der Waals surface area contributed by atoms with Crippen molar-refractivity contribution in [3.05, 3.63) is 34.3 Å². The molecule has 1 aliphatic carbocycles. The fraction of sp³-hybridized carbons (Fsp3) is 0.571. The summed E-state index contributed by atoms with van der Waals surface area (Å²) in [6.07, 6.45) is 7.67. The zero-order chi connectivity index (χ0) is 11.4. The van der Waals surface area contributed by atoms with Crippen molar-refractivity contribution >= 4 is 27.5 Å². The third-order valence-corrected chi connectivity index (χ3v) is 4.64. The number of aryl methyl sites for hydroxylation is 1. The minimum Gasteiger partial charge on any atom is -0.123 e. The van der Waals surface area contributed by atoms with Crippen LogP contribution in [0.25, 0.3) is 0 Å². The van der Waals surface area contributed by atoms with Crippen LogP contribution in [0.15, 0.2) is 28.7 Å². The summed E-state index contributed by atoms with van der Waals surface area (Å²) in [6, 6.07) is 8.58. The molecule has 1 aliphatic rings. The van der Waals surface area contributed by atoms with Crippen molar-refractivity contribution in [2.45, 2.75) is 43.9 Å². The third-order valence-electron chi connectivity index (χ3n) is 3.53. The summed E-state index contributed by atoms with van der Waals surface area (Å²) in [5, 5.41) is 0.381. The molecule has 88 valence electrons. The van der Waals surface area contributed by atoms with Gasteiger partial charge in [-0.15, -0.1) is 11.6 Å². The second kappa shape index (κ2) is 6.07. The first-order valence-corrected chi connectivity index (χ1v) is 7.37. The van der Waals surface area contributed by atoms with Gasteiger partial charge in [0.25, 0.3) is 0 Å². The molecule has 0 aliphatic heterocycles. The Morgan fingerprint density at radius 3 is 2.44 bits per heavy atom. The molecule has 1 unspecified atom stereocenters. The van der Waals surface area contributed by atoms with Crippen molar-refractivity contribution in [2.75, 3.05) is 0 Å². The van der Waals surface area contributed by atoms with E-state index in [1.807, 2.05) is 0 Å². The maximum atomic E-state index is 6.46. The van der Waals surface area contributed by atoms with Crippen molar-refractivity contribution in [1.29, 1.82) is 0 Å². The summed E-state index contributed by atoms with van der Waals surface area (Å²) in [6.45, 7) is 0. The van der Waals surface area contributed by atoms with Crippen LogP contribution in [0.2, 0.25) is 0 Å². The molecule has 0 nitrogen and oxygen atoms in total. The first-order valence-electron chi connectivity index (χ1n) is 6.14. The highest BCUT2D eigenvalue weighted by Gasteiger charge is 2.22. The molecule has 2 heteroatoms. The minimum atomic E-state index is 0.381. The lowest BCUT2D eigenvalue weighted by atomic mass is 9.98. The molecule has 1 fully saturated rings. The zero-order valence-corrected chi connectivity index (χ0v) is 11.8. The minimum absolute atomic E-state index is 0.381. The second-order valence-electron chi connectivity index (χ2n) is 4.73. The van der Waals surface area contributed by atoms with Crippen molar-refractivity contribution < 1.29 is 0 Å². The summed E-state index contributed by atoms with van der Waals surface area (Å²) in [5.41, 5.74) is 1.40. The zero-order valence-electron chi connectivity index (χ0n) is 9.46. The van der Waals surface area contributed by atoms with Crippen LogP contribution in [0.3, 0.4) is 0 Å². The third kappa shape index (κ3) is 3.49. The Morgan fingerprint density at radius 1 is 1.19 bits per heavy atom. The summed E-state index contributed by atoms with van der Waals surface area (Å²) in [5.74, 6) is 0.775. The van der Waals surface area contributed by atoms with Gasteiger partial charge in [-0.2, -0.15) is 0 Å². The van der Waals surface area contributed by atoms with E-state index >= 15 is 0 Å². The highest BCUT2D eigenvalue weighted by atomic mass is 79.9. The average Bonchev–Trinajstić information content (AvgIpc) is 2.81. The van der Waals surface area contributed by atoms with Crippen molar-refractivity contribution in [3.63, 3.8) is 0 Å². The number of hydrogen-bond donors (Lipinski definition) is 0. The Kier molecular flexibility index (Phi) is 4.72.